The fourth-order valence-corrected chi connectivity index (χ4v) is 12.7. The highest BCUT2D eigenvalue weighted by molar-refractivity contribution is 6.03. The van der Waals surface area contributed by atoms with E-state index in [2.05, 4.69) is 57.7 Å². The van der Waals surface area contributed by atoms with Crippen molar-refractivity contribution in [1.29, 1.82) is 0 Å². The molecule has 0 aromatic heterocycles. The molecule has 5 aliphatic heterocycles. The van der Waals surface area contributed by atoms with Crippen molar-refractivity contribution in [3.05, 3.63) is 136 Å². The second-order valence-electron chi connectivity index (χ2n) is 20.8. The highest BCUT2D eigenvalue weighted by atomic mass is 19.4. The van der Waals surface area contributed by atoms with Crippen molar-refractivity contribution in [2.45, 2.75) is 147 Å². The number of hydrogen-bond acceptors (Lipinski definition) is 8. The number of nitrogens with one attached hydrogen (secondary N) is 4. The van der Waals surface area contributed by atoms with Crippen LogP contribution in [0.4, 0.5) is 18.9 Å². The molecule has 4 aromatic carbocycles. The van der Waals surface area contributed by atoms with Crippen molar-refractivity contribution >= 4 is 40.9 Å². The lowest BCUT2D eigenvalue weighted by Gasteiger charge is -2.42. The van der Waals surface area contributed by atoms with Gasteiger partial charge in [0.1, 0.15) is 0 Å². The molecule has 12 rings (SSSR count). The summed E-state index contributed by atoms with van der Waals surface area (Å²) in [7, 11) is 0. The van der Waals surface area contributed by atoms with Crippen LogP contribution in [0.15, 0.2) is 97.1 Å². The summed E-state index contributed by atoms with van der Waals surface area (Å²) in [4.78, 5) is 69.7. The molecule has 4 fully saturated rings. The first-order valence-corrected chi connectivity index (χ1v) is 25.5. The van der Waals surface area contributed by atoms with Crippen LogP contribution < -0.4 is 21.3 Å². The Morgan fingerprint density at radius 3 is 1.41 bits per heavy atom. The quantitative estimate of drug-likeness (QED) is 0.115. The topological polar surface area (TPSA) is 174 Å². The van der Waals surface area contributed by atoms with Gasteiger partial charge in [-0.05, 0) is 112 Å². The van der Waals surface area contributed by atoms with Crippen molar-refractivity contribution in [2.75, 3.05) is 51.1 Å². The third kappa shape index (κ3) is 12.9. The number of para-hydroxylation sites is 1. The Balaban J connectivity index is 0.000000175. The summed E-state index contributed by atoms with van der Waals surface area (Å²) in [5.41, 5.74) is 9.40. The predicted molar refractivity (Wildman–Crippen MR) is 289 cm³/mol. The molecule has 3 amide bonds. The zero-order chi connectivity index (χ0) is 51.2. The third-order valence-electron chi connectivity index (χ3n) is 16.5. The molecule has 5 heterocycles. The number of fused-ring (bicyclic) bond motifs is 8. The van der Waals surface area contributed by atoms with Gasteiger partial charge in [-0.3, -0.25) is 24.0 Å². The molecule has 1 saturated carbocycles. The fraction of sp³-hybridized carbons (Fsp3) is 0.500. The van der Waals surface area contributed by atoms with Crippen molar-refractivity contribution in [3.8, 4) is 0 Å². The Hall–Kier alpha value is -6.19. The second kappa shape index (κ2) is 25.1. The van der Waals surface area contributed by atoms with Gasteiger partial charge in [-0.15, -0.1) is 0 Å². The molecular weight excluding hydrogens is 960 g/mol. The number of benzene rings is 4. The molecule has 75 heavy (non-hydrogen) atoms. The molecule has 12 nitrogen and oxygen atoms in total. The van der Waals surface area contributed by atoms with Gasteiger partial charge in [0.25, 0.3) is 5.91 Å². The van der Waals surface area contributed by atoms with Crippen LogP contribution in [0.5, 0.6) is 0 Å². The summed E-state index contributed by atoms with van der Waals surface area (Å²) in [6.45, 7) is 8.09. The number of halogens is 3. The van der Waals surface area contributed by atoms with E-state index in [-0.39, 0.29) is 67.4 Å². The van der Waals surface area contributed by atoms with E-state index in [1.54, 1.807) is 6.92 Å². The predicted octanol–water partition coefficient (Wildman–Crippen LogP) is 10.9. The van der Waals surface area contributed by atoms with Gasteiger partial charge in [-0.1, -0.05) is 126 Å². The Labute approximate surface area is 441 Å². The van der Waals surface area contributed by atoms with E-state index in [1.807, 2.05) is 65.6 Å². The molecule has 0 atom stereocenters. The SMILES string of the molecule is C.C.C.CC(=O)N1CCC2(CC1)CC(=O)c1ccccc12.O=C(O)C(F)(F)F.O=C1CC2(CCCCC2)c2ccccc21.O=C1CC2(CCNCC2)c2ccccc2N1.O=C1NCC2(CCNCC2)c2ccccc21. The molecule has 0 radical (unpaired) electrons. The standard InChI is InChI=1S/C15H17NO2.C14H16O.2C13H16N2O.C2HF3O2.3CH4/c1-11(17)16-8-6-15(7-9-16)10-14(18)12-4-2-3-5-13(12)15;15-13-10-14(8-4-1-5-9-14)12-7-3-2-6-11(12)13;16-12-10-3-1-2-4-11(10)13(9-15-12)5-7-14-8-6-13;16-12-9-13(5-7-14-8-6-13)10-3-1-2-4-11(10)15-12;3-2(4,5)1(6)7;;;/h2-5H,6-10H2,1H3;2-3,6-7H,1,4-5,8-10H2;2*1-4,14H,5-9H2,(H,15,16);(H,6,7);3*1H4. The molecule has 5 N–H and O–H groups in total. The first kappa shape index (κ1) is 59.7. The van der Waals surface area contributed by atoms with Crippen molar-refractivity contribution in [3.63, 3.8) is 0 Å². The molecule has 3 saturated heterocycles. The minimum Gasteiger partial charge on any atom is -0.475 e. The van der Waals surface area contributed by atoms with E-state index in [0.29, 0.717) is 18.6 Å². The fourth-order valence-electron chi connectivity index (χ4n) is 12.7. The number of carbonyl (C=O) groups is 6. The van der Waals surface area contributed by atoms with Crippen LogP contribution in [0.3, 0.4) is 0 Å². The van der Waals surface area contributed by atoms with Gasteiger partial charge < -0.3 is 31.3 Å². The molecule has 3 aliphatic carbocycles. The van der Waals surface area contributed by atoms with E-state index < -0.39 is 12.1 Å². The summed E-state index contributed by atoms with van der Waals surface area (Å²) in [6, 6.07) is 32.5. The lowest BCUT2D eigenvalue weighted by Crippen LogP contribution is -2.51. The number of rotatable bonds is 0. The van der Waals surface area contributed by atoms with E-state index in [9.17, 15) is 37.1 Å². The van der Waals surface area contributed by atoms with Gasteiger partial charge in [0.2, 0.25) is 11.8 Å². The highest BCUT2D eigenvalue weighted by Gasteiger charge is 2.46. The zero-order valence-electron chi connectivity index (χ0n) is 41.1. The van der Waals surface area contributed by atoms with E-state index in [4.69, 9.17) is 9.90 Å². The second-order valence-corrected chi connectivity index (χ2v) is 20.8. The summed E-state index contributed by atoms with van der Waals surface area (Å²) in [5.74, 6) is -1.73. The number of Topliss-reactive ketones (excluding diaryl/α,β-unsaturated/α-hetero) is 2. The first-order chi connectivity index (χ1) is 34.5. The Morgan fingerprint density at radius 1 is 0.533 bits per heavy atom. The number of piperidine rings is 3. The first-order valence-electron chi connectivity index (χ1n) is 25.5. The van der Waals surface area contributed by atoms with Crippen molar-refractivity contribution in [1.82, 2.24) is 20.9 Å². The molecule has 8 aliphatic rings. The molecule has 0 unspecified atom stereocenters. The van der Waals surface area contributed by atoms with E-state index >= 15 is 0 Å². The summed E-state index contributed by atoms with van der Waals surface area (Å²) < 4.78 is 31.7. The minimum atomic E-state index is -5.08. The summed E-state index contributed by atoms with van der Waals surface area (Å²) >= 11 is 0. The van der Waals surface area contributed by atoms with Gasteiger partial charge in [0, 0.05) is 89.9 Å². The number of ketones is 2. The molecule has 406 valence electrons. The van der Waals surface area contributed by atoms with Crippen LogP contribution >= 0.6 is 0 Å². The highest BCUT2D eigenvalue weighted by Crippen LogP contribution is 2.49. The lowest BCUT2D eigenvalue weighted by molar-refractivity contribution is -0.192. The number of carbonyl (C=O) groups excluding carboxylic acids is 5. The number of anilines is 1. The van der Waals surface area contributed by atoms with Gasteiger partial charge in [0.15, 0.2) is 11.6 Å². The molecular formula is C60H78F3N5O7. The van der Waals surface area contributed by atoms with Crippen LogP contribution in [0.25, 0.3) is 0 Å². The van der Waals surface area contributed by atoms with Crippen LogP contribution in [0.2, 0.25) is 0 Å². The maximum Gasteiger partial charge on any atom is 0.490 e. The molecule has 15 heteroatoms. The smallest absolute Gasteiger partial charge is 0.475 e. The van der Waals surface area contributed by atoms with Crippen LogP contribution in [-0.2, 0) is 36.0 Å². The average Bonchev–Trinajstić information content (AvgIpc) is 3.81. The summed E-state index contributed by atoms with van der Waals surface area (Å²) in [5, 5.41) is 19.9. The van der Waals surface area contributed by atoms with Crippen LogP contribution in [0, 0.1) is 0 Å². The Kier molecular flexibility index (Phi) is 20.0. The number of aliphatic carboxylic acids is 1. The number of alkyl halides is 3. The maximum atomic E-state index is 12.1. The monoisotopic (exact) mass is 1040 g/mol. The number of nitrogens with zero attached hydrogens (tertiary/aromatic N) is 1. The number of likely N-dealkylation sites (tertiary alicyclic amines) is 1. The minimum absolute atomic E-state index is 0. The Morgan fingerprint density at radius 2 is 0.933 bits per heavy atom. The van der Waals surface area contributed by atoms with Crippen molar-refractivity contribution < 1.29 is 47.0 Å². The zero-order valence-corrected chi connectivity index (χ0v) is 41.1. The lowest BCUT2D eigenvalue weighted by atomic mass is 9.68. The van der Waals surface area contributed by atoms with Crippen LogP contribution in [0.1, 0.15) is 172 Å². The third-order valence-corrected chi connectivity index (χ3v) is 16.5. The Bertz CT molecular complexity index is 2660. The average molecular weight is 1040 g/mol. The van der Waals surface area contributed by atoms with Crippen molar-refractivity contribution in [2.24, 2.45) is 0 Å². The maximum absolute atomic E-state index is 12.1. The van der Waals surface area contributed by atoms with E-state index in [1.165, 1.54) is 54.4 Å². The van der Waals surface area contributed by atoms with Gasteiger partial charge in [0.05, 0.1) is 0 Å². The molecule has 4 spiro atoms. The van der Waals surface area contributed by atoms with Gasteiger partial charge in [-0.2, -0.15) is 13.2 Å². The summed E-state index contributed by atoms with van der Waals surface area (Å²) in [6.07, 6.45) is 9.51. The van der Waals surface area contributed by atoms with Crippen LogP contribution in [-0.4, -0.2) is 97.3 Å². The largest absolute Gasteiger partial charge is 0.490 e. The van der Waals surface area contributed by atoms with E-state index in [0.717, 1.165) is 113 Å². The van der Waals surface area contributed by atoms with Gasteiger partial charge in [-0.25, -0.2) is 4.79 Å². The normalized spacial score (nSPS) is 20.4. The van der Waals surface area contributed by atoms with Gasteiger partial charge >= 0.3 is 12.1 Å². The molecule has 4 aromatic rings. The number of hydrogen-bond donors (Lipinski definition) is 5. The molecule has 0 bridgehead atoms. The number of amides is 3. The number of carboxylic acids is 1. The number of carboxylic acid groups (broad SMARTS) is 1.